The van der Waals surface area contributed by atoms with Crippen molar-refractivity contribution in [2.24, 2.45) is 0 Å². The summed E-state index contributed by atoms with van der Waals surface area (Å²) in [5, 5.41) is 16.6. The Morgan fingerprint density at radius 3 is 2.59 bits per heavy atom. The van der Waals surface area contributed by atoms with E-state index in [1.807, 2.05) is 55.5 Å². The first-order valence-corrected chi connectivity index (χ1v) is 10.0. The number of nitriles is 1. The second-order valence-corrected chi connectivity index (χ2v) is 7.39. The largest absolute Gasteiger partial charge is 0.351 e. The minimum Gasteiger partial charge on any atom is -0.351 e. The van der Waals surface area contributed by atoms with Crippen molar-refractivity contribution < 1.29 is 0 Å². The molecule has 2 heterocycles. The normalized spacial score (nSPS) is 14.9. The van der Waals surface area contributed by atoms with E-state index < -0.39 is 5.92 Å². The predicted molar refractivity (Wildman–Crippen MR) is 114 cm³/mol. The minimum absolute atomic E-state index is 0.419. The Balaban J connectivity index is 1.60. The van der Waals surface area contributed by atoms with Gasteiger partial charge in [0.25, 0.3) is 0 Å². The lowest BCUT2D eigenvalue weighted by Crippen LogP contribution is -2.18. The van der Waals surface area contributed by atoms with Gasteiger partial charge < -0.3 is 10.6 Å². The Kier molecular flexibility index (Phi) is 5.66. The van der Waals surface area contributed by atoms with Crippen molar-refractivity contribution in [1.29, 1.82) is 5.26 Å². The van der Waals surface area contributed by atoms with Crippen molar-refractivity contribution in [3.63, 3.8) is 0 Å². The number of nitrogens with zero attached hydrogens (tertiary/aromatic N) is 4. The summed E-state index contributed by atoms with van der Waals surface area (Å²) in [5.41, 5.74) is 3.21. The Labute approximate surface area is 171 Å². The third-order valence-electron chi connectivity index (χ3n) is 5.21. The van der Waals surface area contributed by atoms with Crippen LogP contribution in [0.4, 0.5) is 17.5 Å². The van der Waals surface area contributed by atoms with Gasteiger partial charge in [0.05, 0.1) is 17.5 Å². The summed E-state index contributed by atoms with van der Waals surface area (Å²) >= 11 is 0. The average molecular weight is 384 g/mol. The molecule has 1 saturated carbocycles. The summed E-state index contributed by atoms with van der Waals surface area (Å²) in [5.74, 6) is 0.737. The third kappa shape index (κ3) is 4.52. The van der Waals surface area contributed by atoms with E-state index in [-0.39, 0.29) is 0 Å². The zero-order valence-corrected chi connectivity index (χ0v) is 16.5. The highest BCUT2D eigenvalue weighted by atomic mass is 15.1. The van der Waals surface area contributed by atoms with Crippen LogP contribution in [0.25, 0.3) is 0 Å². The zero-order valence-electron chi connectivity index (χ0n) is 16.5. The van der Waals surface area contributed by atoms with Crippen LogP contribution in [0.1, 0.15) is 48.6 Å². The van der Waals surface area contributed by atoms with Crippen molar-refractivity contribution in [3.05, 3.63) is 71.7 Å². The number of rotatable bonds is 6. The molecule has 0 amide bonds. The fourth-order valence-electron chi connectivity index (χ4n) is 3.69. The van der Waals surface area contributed by atoms with Gasteiger partial charge in [-0.25, -0.2) is 15.0 Å². The highest BCUT2D eigenvalue weighted by Crippen LogP contribution is 2.27. The number of anilines is 3. The summed E-state index contributed by atoms with van der Waals surface area (Å²) in [6.45, 7) is 1.94. The Morgan fingerprint density at radius 2 is 1.83 bits per heavy atom. The van der Waals surface area contributed by atoms with E-state index in [9.17, 15) is 5.26 Å². The summed E-state index contributed by atoms with van der Waals surface area (Å²) in [6.07, 6.45) is 6.55. The number of para-hydroxylation sites is 1. The molecule has 0 radical (unpaired) electrons. The molecule has 0 bridgehead atoms. The average Bonchev–Trinajstić information content (AvgIpc) is 3.25. The Bertz CT molecular complexity index is 1010. The van der Waals surface area contributed by atoms with Gasteiger partial charge in [-0.1, -0.05) is 37.1 Å². The third-order valence-corrected chi connectivity index (χ3v) is 5.21. The molecule has 1 aliphatic carbocycles. The molecular weight excluding hydrogens is 360 g/mol. The van der Waals surface area contributed by atoms with Crippen LogP contribution in [-0.4, -0.2) is 21.0 Å². The lowest BCUT2D eigenvalue weighted by atomic mass is 9.99. The summed E-state index contributed by atoms with van der Waals surface area (Å²) in [7, 11) is 0. The Morgan fingerprint density at radius 1 is 1.03 bits per heavy atom. The molecule has 1 fully saturated rings. The fourth-order valence-corrected chi connectivity index (χ4v) is 3.69. The molecule has 0 saturated heterocycles. The van der Waals surface area contributed by atoms with E-state index in [0.29, 0.717) is 29.2 Å². The van der Waals surface area contributed by atoms with E-state index in [2.05, 4.69) is 26.7 Å². The van der Waals surface area contributed by atoms with Gasteiger partial charge in [0.2, 0.25) is 5.95 Å². The van der Waals surface area contributed by atoms with E-state index in [1.165, 1.54) is 12.8 Å². The molecule has 4 rings (SSSR count). The number of pyridine rings is 1. The number of aryl methyl sites for hydroxylation is 1. The van der Waals surface area contributed by atoms with Crippen molar-refractivity contribution in [3.8, 4) is 6.07 Å². The number of benzene rings is 1. The zero-order chi connectivity index (χ0) is 20.1. The molecule has 1 aliphatic rings. The molecule has 1 atom stereocenters. The molecule has 146 valence electrons. The quantitative estimate of drug-likeness (QED) is 0.626. The van der Waals surface area contributed by atoms with Crippen molar-refractivity contribution in [2.75, 3.05) is 10.6 Å². The smallest absolute Gasteiger partial charge is 0.223 e. The monoisotopic (exact) mass is 384 g/mol. The minimum atomic E-state index is -0.556. The van der Waals surface area contributed by atoms with Gasteiger partial charge in [-0.3, -0.25) is 0 Å². The topological polar surface area (TPSA) is 86.5 Å². The first kappa shape index (κ1) is 18.9. The number of aromatic nitrogens is 3. The highest BCUT2D eigenvalue weighted by molar-refractivity contribution is 5.56. The predicted octanol–water partition coefficient (Wildman–Crippen LogP) is 4.93. The van der Waals surface area contributed by atoms with Crippen molar-refractivity contribution in [1.82, 2.24) is 15.0 Å². The standard InChI is InChI=1S/C23H24N6/c1-16-15-25-23(27-18-10-5-6-11-18)29-22(16)19(14-24)20-12-7-13-21(28-20)26-17-8-3-2-4-9-17/h2-4,7-9,12-13,15,18-19H,5-6,10-11H2,1H3,(H,26,28)(H,25,27,29). The molecular formula is C23H24N6. The van der Waals surface area contributed by atoms with Gasteiger partial charge in [-0.05, 0) is 49.6 Å². The van der Waals surface area contributed by atoms with Gasteiger partial charge in [-0.2, -0.15) is 5.26 Å². The number of hydrogen-bond acceptors (Lipinski definition) is 6. The van der Waals surface area contributed by atoms with Crippen LogP contribution < -0.4 is 10.6 Å². The maximum atomic E-state index is 9.92. The van der Waals surface area contributed by atoms with Crippen molar-refractivity contribution >= 4 is 17.5 Å². The second-order valence-electron chi connectivity index (χ2n) is 7.39. The molecule has 2 N–H and O–H groups in total. The lowest BCUT2D eigenvalue weighted by Gasteiger charge is -2.16. The summed E-state index contributed by atoms with van der Waals surface area (Å²) < 4.78 is 0. The molecule has 3 aromatic rings. The van der Waals surface area contributed by atoms with Gasteiger partial charge in [0.1, 0.15) is 11.7 Å². The molecule has 0 aliphatic heterocycles. The maximum absolute atomic E-state index is 9.92. The van der Waals surface area contributed by atoms with E-state index in [4.69, 9.17) is 4.98 Å². The molecule has 0 spiro atoms. The van der Waals surface area contributed by atoms with Gasteiger partial charge >= 0.3 is 0 Å². The van der Waals surface area contributed by atoms with E-state index in [1.54, 1.807) is 6.20 Å². The van der Waals surface area contributed by atoms with Gasteiger partial charge in [0, 0.05) is 17.9 Å². The molecule has 1 aromatic carbocycles. The van der Waals surface area contributed by atoms with Crippen LogP contribution in [0.2, 0.25) is 0 Å². The van der Waals surface area contributed by atoms with Crippen LogP contribution in [0, 0.1) is 18.3 Å². The van der Waals surface area contributed by atoms with Crippen LogP contribution in [0.15, 0.2) is 54.7 Å². The molecule has 6 nitrogen and oxygen atoms in total. The van der Waals surface area contributed by atoms with Crippen molar-refractivity contribution in [2.45, 2.75) is 44.6 Å². The van der Waals surface area contributed by atoms with Crippen LogP contribution in [0.3, 0.4) is 0 Å². The lowest BCUT2D eigenvalue weighted by molar-refractivity contribution is 0.739. The fraction of sp³-hybridized carbons (Fsp3) is 0.304. The highest BCUT2D eigenvalue weighted by Gasteiger charge is 2.22. The van der Waals surface area contributed by atoms with E-state index >= 15 is 0 Å². The molecule has 6 heteroatoms. The maximum Gasteiger partial charge on any atom is 0.223 e. The molecule has 2 aromatic heterocycles. The van der Waals surface area contributed by atoms with Gasteiger partial charge in [0.15, 0.2) is 0 Å². The molecule has 29 heavy (non-hydrogen) atoms. The van der Waals surface area contributed by atoms with Crippen LogP contribution in [0.5, 0.6) is 0 Å². The SMILES string of the molecule is Cc1cnc(NC2CCCC2)nc1C(C#N)c1cccc(Nc2ccccc2)n1. The second kappa shape index (κ2) is 8.70. The summed E-state index contributed by atoms with van der Waals surface area (Å²) in [6, 6.07) is 18.3. The van der Waals surface area contributed by atoms with Gasteiger partial charge in [-0.15, -0.1) is 0 Å². The number of nitrogens with one attached hydrogen (secondary N) is 2. The first-order chi connectivity index (χ1) is 14.2. The van der Waals surface area contributed by atoms with E-state index in [0.717, 1.165) is 24.1 Å². The number of hydrogen-bond donors (Lipinski definition) is 2. The summed E-state index contributed by atoms with van der Waals surface area (Å²) in [4.78, 5) is 13.8. The Hall–Kier alpha value is -3.46. The molecule has 1 unspecified atom stereocenters. The first-order valence-electron chi connectivity index (χ1n) is 10.0. The van der Waals surface area contributed by atoms with Crippen LogP contribution >= 0.6 is 0 Å². The van der Waals surface area contributed by atoms with Crippen LogP contribution in [-0.2, 0) is 0 Å².